The van der Waals surface area contributed by atoms with Crippen LogP contribution in [0.5, 0.6) is 11.5 Å². The van der Waals surface area contributed by atoms with E-state index in [1.54, 1.807) is 36.4 Å². The quantitative estimate of drug-likeness (QED) is 0.332. The van der Waals surface area contributed by atoms with Crippen molar-refractivity contribution in [3.8, 4) is 11.5 Å². The Bertz CT molecular complexity index is 1310. The van der Waals surface area contributed by atoms with E-state index in [4.69, 9.17) is 4.74 Å². The average molecular weight is 460 g/mol. The third-order valence-corrected chi connectivity index (χ3v) is 6.03. The number of ether oxygens (including phenoxy) is 1. The van der Waals surface area contributed by atoms with Gasteiger partial charge in [-0.15, -0.1) is 0 Å². The zero-order valence-electron chi connectivity index (χ0n) is 20.1. The van der Waals surface area contributed by atoms with E-state index in [-0.39, 0.29) is 5.91 Å². The molecule has 1 amide bonds. The topological polar surface area (TPSA) is 46.5 Å². The number of carbonyl (C=O) groups is 1. The molecule has 0 atom stereocenters. The van der Waals surface area contributed by atoms with Crippen molar-refractivity contribution in [2.45, 2.75) is 26.8 Å². The lowest BCUT2D eigenvalue weighted by molar-refractivity contribution is 0.102. The summed E-state index contributed by atoms with van der Waals surface area (Å²) in [5.74, 6) is 0.688. The highest BCUT2D eigenvalue weighted by Gasteiger charge is 2.13. The fourth-order valence-corrected chi connectivity index (χ4v) is 4.11. The second-order valence-electron chi connectivity index (χ2n) is 8.79. The van der Waals surface area contributed by atoms with Gasteiger partial charge in [0.15, 0.2) is 0 Å². The van der Waals surface area contributed by atoms with Crippen LogP contribution in [-0.2, 0) is 6.54 Å². The first-order valence-corrected chi connectivity index (χ1v) is 11.4. The predicted octanol–water partition coefficient (Wildman–Crippen LogP) is 6.39. The number of benzene rings is 3. The lowest BCUT2D eigenvalue weighted by atomic mass is 10.1. The Labute approximate surface area is 199 Å². The number of nitrogens with zero attached hydrogens (tertiary/aromatic N) is 2. The molecule has 1 N–H and O–H groups in total. The first-order chi connectivity index (χ1) is 16.3. The van der Waals surface area contributed by atoms with Crippen molar-refractivity contribution in [1.29, 1.82) is 0 Å². The zero-order valence-corrected chi connectivity index (χ0v) is 20.1. The molecule has 176 valence electrons. The van der Waals surface area contributed by atoms with E-state index in [1.165, 1.54) is 34.3 Å². The summed E-state index contributed by atoms with van der Waals surface area (Å²) in [6.07, 6.45) is 1.09. The van der Waals surface area contributed by atoms with Crippen LogP contribution in [0.15, 0.2) is 66.7 Å². The Hall–Kier alpha value is -3.64. The van der Waals surface area contributed by atoms with Crippen LogP contribution in [0.1, 0.15) is 28.0 Å². The molecule has 34 heavy (non-hydrogen) atoms. The van der Waals surface area contributed by atoms with Crippen molar-refractivity contribution in [1.82, 2.24) is 9.47 Å². The number of amides is 1. The van der Waals surface area contributed by atoms with Gasteiger partial charge in [-0.1, -0.05) is 6.07 Å². The lowest BCUT2D eigenvalue weighted by Gasteiger charge is -2.12. The highest BCUT2D eigenvalue weighted by molar-refractivity contribution is 6.04. The van der Waals surface area contributed by atoms with Gasteiger partial charge >= 0.3 is 0 Å². The molecule has 1 aromatic heterocycles. The summed E-state index contributed by atoms with van der Waals surface area (Å²) >= 11 is 0. The smallest absolute Gasteiger partial charge is 0.255 e. The summed E-state index contributed by atoms with van der Waals surface area (Å²) in [7, 11) is 4.19. The Morgan fingerprint density at radius 3 is 2.44 bits per heavy atom. The number of rotatable bonds is 8. The molecule has 0 fully saturated rings. The van der Waals surface area contributed by atoms with E-state index in [0.717, 1.165) is 25.3 Å². The second kappa shape index (κ2) is 10.1. The number of hydrogen-bond acceptors (Lipinski definition) is 3. The maximum Gasteiger partial charge on any atom is 0.255 e. The molecule has 4 aromatic rings. The van der Waals surface area contributed by atoms with Gasteiger partial charge in [0.1, 0.15) is 17.3 Å². The molecule has 0 radical (unpaired) electrons. The van der Waals surface area contributed by atoms with E-state index in [2.05, 4.69) is 54.9 Å². The lowest BCUT2D eigenvalue weighted by Crippen LogP contribution is -2.15. The molecule has 0 saturated heterocycles. The van der Waals surface area contributed by atoms with Crippen LogP contribution in [0.2, 0.25) is 0 Å². The third-order valence-electron chi connectivity index (χ3n) is 6.03. The van der Waals surface area contributed by atoms with Crippen molar-refractivity contribution in [3.63, 3.8) is 0 Å². The first-order valence-electron chi connectivity index (χ1n) is 11.4. The highest BCUT2D eigenvalue weighted by Crippen LogP contribution is 2.31. The fraction of sp³-hybridized carbons (Fsp3) is 0.250. The number of halogens is 1. The third kappa shape index (κ3) is 5.29. The molecule has 0 spiro atoms. The summed E-state index contributed by atoms with van der Waals surface area (Å²) in [5.41, 5.74) is 4.63. The van der Waals surface area contributed by atoms with E-state index in [9.17, 15) is 9.18 Å². The highest BCUT2D eigenvalue weighted by atomic mass is 19.1. The minimum absolute atomic E-state index is 0.305. The molecule has 4 rings (SSSR count). The molecular weight excluding hydrogens is 429 g/mol. The van der Waals surface area contributed by atoms with Gasteiger partial charge in [-0.25, -0.2) is 4.39 Å². The van der Waals surface area contributed by atoms with Crippen LogP contribution in [0.25, 0.3) is 10.9 Å². The molecule has 6 heteroatoms. The SMILES string of the molecule is Cc1c(C)n(CCCN(C)C)c2ccc(Oc3ccc(C(=O)Nc4cccc(F)c4)cc3)cc12. The Morgan fingerprint density at radius 1 is 1.00 bits per heavy atom. The number of nitrogens with one attached hydrogen (secondary N) is 1. The molecule has 0 unspecified atom stereocenters. The van der Waals surface area contributed by atoms with Crippen LogP contribution in [-0.4, -0.2) is 36.0 Å². The van der Waals surface area contributed by atoms with Crippen LogP contribution < -0.4 is 10.1 Å². The Balaban J connectivity index is 1.47. The molecule has 0 bridgehead atoms. The van der Waals surface area contributed by atoms with Crippen LogP contribution in [0, 0.1) is 19.7 Å². The number of fused-ring (bicyclic) bond motifs is 1. The largest absolute Gasteiger partial charge is 0.457 e. The van der Waals surface area contributed by atoms with Crippen LogP contribution >= 0.6 is 0 Å². The van der Waals surface area contributed by atoms with Gasteiger partial charge in [-0.3, -0.25) is 4.79 Å². The molecule has 0 aliphatic heterocycles. The maximum absolute atomic E-state index is 13.3. The summed E-state index contributed by atoms with van der Waals surface area (Å²) in [6, 6.07) is 18.9. The molecule has 5 nitrogen and oxygen atoms in total. The molecule has 0 aliphatic carbocycles. The van der Waals surface area contributed by atoms with Gasteiger partial charge < -0.3 is 19.5 Å². The van der Waals surface area contributed by atoms with Gasteiger partial charge in [0.25, 0.3) is 5.91 Å². The Morgan fingerprint density at radius 2 is 1.74 bits per heavy atom. The van der Waals surface area contributed by atoms with E-state index < -0.39 is 5.82 Å². The predicted molar refractivity (Wildman–Crippen MR) is 135 cm³/mol. The van der Waals surface area contributed by atoms with Crippen molar-refractivity contribution in [2.24, 2.45) is 0 Å². The van der Waals surface area contributed by atoms with Gasteiger partial charge in [0.05, 0.1) is 0 Å². The van der Waals surface area contributed by atoms with Crippen LogP contribution in [0.4, 0.5) is 10.1 Å². The summed E-state index contributed by atoms with van der Waals surface area (Å²) < 4.78 is 21.8. The van der Waals surface area contributed by atoms with Gasteiger partial charge in [-0.05, 0) is 107 Å². The van der Waals surface area contributed by atoms with Crippen molar-refractivity contribution >= 4 is 22.5 Å². The molecular formula is C28H30FN3O2. The minimum atomic E-state index is -0.396. The number of aryl methyl sites for hydroxylation is 2. The zero-order chi connectivity index (χ0) is 24.2. The number of aromatic nitrogens is 1. The summed E-state index contributed by atoms with van der Waals surface area (Å²) in [4.78, 5) is 14.7. The molecule has 1 heterocycles. The van der Waals surface area contributed by atoms with E-state index in [0.29, 0.717) is 17.0 Å². The second-order valence-corrected chi connectivity index (χ2v) is 8.79. The van der Waals surface area contributed by atoms with Crippen molar-refractivity contribution in [3.05, 3.63) is 89.4 Å². The Kier molecular flexibility index (Phi) is 6.98. The van der Waals surface area contributed by atoms with Gasteiger partial charge in [-0.2, -0.15) is 0 Å². The van der Waals surface area contributed by atoms with Gasteiger partial charge in [0.2, 0.25) is 0 Å². The van der Waals surface area contributed by atoms with Gasteiger partial charge in [0, 0.05) is 34.4 Å². The standard InChI is InChI=1S/C28H30FN3O2/c1-19-20(2)32(16-6-15-31(3)4)27-14-13-25(18-26(19)27)34-24-11-9-21(10-12-24)28(33)30-23-8-5-7-22(29)17-23/h5,7-14,17-18H,6,15-16H2,1-4H3,(H,30,33). The normalized spacial score (nSPS) is 11.2. The minimum Gasteiger partial charge on any atom is -0.457 e. The summed E-state index contributed by atoms with van der Waals surface area (Å²) in [6.45, 7) is 6.35. The number of anilines is 1. The van der Waals surface area contributed by atoms with E-state index >= 15 is 0 Å². The fourth-order valence-electron chi connectivity index (χ4n) is 4.11. The number of carbonyl (C=O) groups excluding carboxylic acids is 1. The average Bonchev–Trinajstić information content (AvgIpc) is 3.04. The first kappa shape index (κ1) is 23.5. The number of hydrogen-bond donors (Lipinski definition) is 1. The van der Waals surface area contributed by atoms with E-state index in [1.807, 2.05) is 6.07 Å². The monoisotopic (exact) mass is 459 g/mol. The van der Waals surface area contributed by atoms with Crippen molar-refractivity contribution < 1.29 is 13.9 Å². The molecule has 0 saturated carbocycles. The van der Waals surface area contributed by atoms with Crippen molar-refractivity contribution in [2.75, 3.05) is 26.0 Å². The summed E-state index contributed by atoms with van der Waals surface area (Å²) in [5, 5.41) is 3.88. The van der Waals surface area contributed by atoms with Crippen LogP contribution in [0.3, 0.4) is 0 Å². The molecule has 0 aliphatic rings. The maximum atomic E-state index is 13.3. The molecule has 3 aromatic carbocycles.